The van der Waals surface area contributed by atoms with E-state index in [0.29, 0.717) is 34.5 Å². The van der Waals surface area contributed by atoms with Crippen LogP contribution >= 0.6 is 15.9 Å². The van der Waals surface area contributed by atoms with Gasteiger partial charge in [-0.25, -0.2) is 13.4 Å². The summed E-state index contributed by atoms with van der Waals surface area (Å²) in [6.45, 7) is 2.71. The third-order valence-corrected chi connectivity index (χ3v) is 4.87. The molecule has 0 aliphatic carbocycles. The molecule has 1 aromatic heterocycles. The fourth-order valence-corrected chi connectivity index (χ4v) is 3.72. The van der Waals surface area contributed by atoms with Crippen LogP contribution in [0.4, 0.5) is 11.5 Å². The molecule has 2 aromatic rings. The van der Waals surface area contributed by atoms with Crippen molar-refractivity contribution in [2.75, 3.05) is 42.2 Å². The molecule has 26 heavy (non-hydrogen) atoms. The molecule has 138 valence electrons. The van der Waals surface area contributed by atoms with Gasteiger partial charge in [-0.05, 0) is 30.3 Å². The van der Waals surface area contributed by atoms with Crippen LogP contribution in [0, 0.1) is 0 Å². The van der Waals surface area contributed by atoms with Crippen LogP contribution in [0.15, 0.2) is 41.0 Å². The van der Waals surface area contributed by atoms with E-state index < -0.39 is 10.0 Å². The van der Waals surface area contributed by atoms with E-state index in [-0.39, 0.29) is 5.78 Å². The number of nitrogens with zero attached hydrogens (tertiary/aromatic N) is 2. The van der Waals surface area contributed by atoms with Gasteiger partial charge in [0.05, 0.1) is 25.2 Å². The molecule has 1 aliphatic rings. The number of sulfonamides is 1. The van der Waals surface area contributed by atoms with Gasteiger partial charge in [0, 0.05) is 34.9 Å². The van der Waals surface area contributed by atoms with Crippen molar-refractivity contribution in [1.82, 2.24) is 4.98 Å². The van der Waals surface area contributed by atoms with E-state index in [1.165, 1.54) is 6.07 Å². The van der Waals surface area contributed by atoms with Crippen molar-refractivity contribution in [1.29, 1.82) is 0 Å². The van der Waals surface area contributed by atoms with Gasteiger partial charge in [-0.1, -0.05) is 15.9 Å². The molecule has 0 amide bonds. The first kappa shape index (κ1) is 18.8. The van der Waals surface area contributed by atoms with Crippen molar-refractivity contribution in [2.24, 2.45) is 0 Å². The number of anilines is 2. The first-order valence-electron chi connectivity index (χ1n) is 7.94. The van der Waals surface area contributed by atoms with Crippen molar-refractivity contribution in [3.63, 3.8) is 0 Å². The maximum atomic E-state index is 12.9. The second-order valence-electron chi connectivity index (χ2n) is 5.93. The monoisotopic (exact) mass is 439 g/mol. The van der Waals surface area contributed by atoms with E-state index in [0.717, 1.165) is 25.2 Å². The van der Waals surface area contributed by atoms with Gasteiger partial charge in [0.1, 0.15) is 5.82 Å². The minimum absolute atomic E-state index is 0.209. The van der Waals surface area contributed by atoms with Gasteiger partial charge >= 0.3 is 0 Å². The summed E-state index contributed by atoms with van der Waals surface area (Å²) in [6.07, 6.45) is 2.67. The average molecular weight is 440 g/mol. The third kappa shape index (κ3) is 4.80. The number of hydrogen-bond donors (Lipinski definition) is 1. The number of carbonyl (C=O) groups excluding carboxylic acids is 1. The maximum Gasteiger partial charge on any atom is 0.229 e. The Kier molecular flexibility index (Phi) is 5.59. The Labute approximate surface area is 160 Å². The summed E-state index contributed by atoms with van der Waals surface area (Å²) in [5.74, 6) is 0.517. The van der Waals surface area contributed by atoms with Crippen LogP contribution in [0.3, 0.4) is 0 Å². The number of nitrogens with one attached hydrogen (secondary N) is 1. The highest BCUT2D eigenvalue weighted by atomic mass is 79.9. The SMILES string of the molecule is CS(=O)(=O)Nc1cc(Br)cc(C(=O)c2ccnc(N3CCOCC3)c2)c1. The first-order chi connectivity index (χ1) is 12.3. The number of rotatable bonds is 5. The number of hydrogen-bond acceptors (Lipinski definition) is 6. The highest BCUT2D eigenvalue weighted by molar-refractivity contribution is 9.10. The van der Waals surface area contributed by atoms with E-state index >= 15 is 0 Å². The molecule has 0 bridgehead atoms. The Balaban J connectivity index is 1.89. The zero-order valence-electron chi connectivity index (χ0n) is 14.1. The molecule has 0 atom stereocenters. The smallest absolute Gasteiger partial charge is 0.229 e. The molecule has 1 saturated heterocycles. The number of ketones is 1. The lowest BCUT2D eigenvalue weighted by molar-refractivity contribution is 0.103. The quantitative estimate of drug-likeness (QED) is 0.718. The summed E-state index contributed by atoms with van der Waals surface area (Å²) in [6, 6.07) is 8.17. The Hall–Kier alpha value is -1.97. The molecular formula is C17H18BrN3O4S. The molecule has 0 radical (unpaired) electrons. The van der Waals surface area contributed by atoms with Crippen LogP contribution in [0.1, 0.15) is 15.9 Å². The molecule has 1 fully saturated rings. The summed E-state index contributed by atoms with van der Waals surface area (Å²) in [7, 11) is -3.43. The number of aromatic nitrogens is 1. The standard InChI is InChI=1S/C17H18BrN3O4S/c1-26(23,24)20-15-9-13(8-14(18)11-15)17(22)12-2-3-19-16(10-12)21-4-6-25-7-5-21/h2-3,8-11,20H,4-7H2,1H3. The Morgan fingerprint density at radius 1 is 1.19 bits per heavy atom. The first-order valence-corrected chi connectivity index (χ1v) is 10.6. The topological polar surface area (TPSA) is 88.6 Å². The fourth-order valence-electron chi connectivity index (χ4n) is 2.69. The van der Waals surface area contributed by atoms with Gasteiger partial charge in [-0.2, -0.15) is 0 Å². The van der Waals surface area contributed by atoms with Crippen molar-refractivity contribution >= 4 is 43.2 Å². The molecule has 1 aliphatic heterocycles. The van der Waals surface area contributed by atoms with E-state index in [9.17, 15) is 13.2 Å². The second-order valence-corrected chi connectivity index (χ2v) is 8.60. The van der Waals surface area contributed by atoms with Crippen molar-refractivity contribution in [3.05, 3.63) is 52.1 Å². The van der Waals surface area contributed by atoms with Gasteiger partial charge in [-0.15, -0.1) is 0 Å². The largest absolute Gasteiger partial charge is 0.378 e. The highest BCUT2D eigenvalue weighted by Gasteiger charge is 2.17. The van der Waals surface area contributed by atoms with Gasteiger partial charge in [-0.3, -0.25) is 9.52 Å². The minimum Gasteiger partial charge on any atom is -0.378 e. The van der Waals surface area contributed by atoms with E-state index in [4.69, 9.17) is 4.74 Å². The predicted molar refractivity (Wildman–Crippen MR) is 103 cm³/mol. The minimum atomic E-state index is -3.43. The van der Waals surface area contributed by atoms with Crippen molar-refractivity contribution < 1.29 is 17.9 Å². The lowest BCUT2D eigenvalue weighted by Gasteiger charge is -2.27. The Morgan fingerprint density at radius 3 is 2.62 bits per heavy atom. The van der Waals surface area contributed by atoms with E-state index in [2.05, 4.69) is 30.5 Å². The number of ether oxygens (including phenoxy) is 1. The molecule has 2 heterocycles. The molecule has 0 spiro atoms. The summed E-state index contributed by atoms with van der Waals surface area (Å²) in [5.41, 5.74) is 1.20. The zero-order valence-corrected chi connectivity index (χ0v) is 16.5. The number of carbonyl (C=O) groups is 1. The number of morpholine rings is 1. The van der Waals surface area contributed by atoms with E-state index in [1.54, 1.807) is 30.5 Å². The molecule has 7 nitrogen and oxygen atoms in total. The Bertz CT molecular complexity index is 927. The maximum absolute atomic E-state index is 12.9. The molecule has 3 rings (SSSR count). The number of pyridine rings is 1. The zero-order chi connectivity index (χ0) is 18.7. The second kappa shape index (κ2) is 7.73. The van der Waals surface area contributed by atoms with Crippen molar-refractivity contribution in [2.45, 2.75) is 0 Å². The van der Waals surface area contributed by atoms with Crippen LogP contribution in [0.25, 0.3) is 0 Å². The lowest BCUT2D eigenvalue weighted by Crippen LogP contribution is -2.36. The van der Waals surface area contributed by atoms with Crippen LogP contribution in [-0.2, 0) is 14.8 Å². The highest BCUT2D eigenvalue weighted by Crippen LogP contribution is 2.23. The van der Waals surface area contributed by atoms with Gasteiger partial charge in [0.2, 0.25) is 10.0 Å². The van der Waals surface area contributed by atoms with Crippen LogP contribution in [-0.4, -0.2) is 51.7 Å². The Morgan fingerprint density at radius 2 is 1.92 bits per heavy atom. The third-order valence-electron chi connectivity index (χ3n) is 3.81. The predicted octanol–water partition coefficient (Wildman–Crippen LogP) is 2.28. The summed E-state index contributed by atoms with van der Waals surface area (Å²) >= 11 is 3.32. The molecule has 1 N–H and O–H groups in total. The van der Waals surface area contributed by atoms with Crippen molar-refractivity contribution in [3.8, 4) is 0 Å². The average Bonchev–Trinajstić information content (AvgIpc) is 2.60. The van der Waals surface area contributed by atoms with E-state index in [1.807, 2.05) is 0 Å². The van der Waals surface area contributed by atoms with Crippen LogP contribution < -0.4 is 9.62 Å². The normalized spacial score (nSPS) is 14.9. The van der Waals surface area contributed by atoms with Crippen LogP contribution in [0.2, 0.25) is 0 Å². The molecule has 0 saturated carbocycles. The van der Waals surface area contributed by atoms with Gasteiger partial charge in [0.15, 0.2) is 5.78 Å². The molecule has 0 unspecified atom stereocenters. The lowest BCUT2D eigenvalue weighted by atomic mass is 10.0. The van der Waals surface area contributed by atoms with Crippen LogP contribution in [0.5, 0.6) is 0 Å². The summed E-state index contributed by atoms with van der Waals surface area (Å²) in [4.78, 5) is 19.3. The number of benzene rings is 1. The summed E-state index contributed by atoms with van der Waals surface area (Å²) < 4.78 is 31.2. The number of halogens is 1. The fraction of sp³-hybridized carbons (Fsp3) is 0.294. The summed E-state index contributed by atoms with van der Waals surface area (Å²) in [5, 5.41) is 0. The molecule has 9 heteroatoms. The molecule has 1 aromatic carbocycles. The molecular weight excluding hydrogens is 422 g/mol. The van der Waals surface area contributed by atoms with Gasteiger partial charge < -0.3 is 9.64 Å². The van der Waals surface area contributed by atoms with Gasteiger partial charge in [0.25, 0.3) is 0 Å².